The molecule has 0 saturated carbocycles. The summed E-state index contributed by atoms with van der Waals surface area (Å²) in [5.41, 5.74) is 2.77. The van der Waals surface area contributed by atoms with E-state index in [4.69, 9.17) is 9.47 Å². The minimum Gasteiger partial charge on any atom is -0.474 e. The van der Waals surface area contributed by atoms with Gasteiger partial charge in [0.2, 0.25) is 6.10 Å². The summed E-state index contributed by atoms with van der Waals surface area (Å²) in [6.07, 6.45) is 0.0612. The summed E-state index contributed by atoms with van der Waals surface area (Å²) >= 11 is 1.54. The maximum absolute atomic E-state index is 12.4. The molecule has 0 aliphatic heterocycles. The number of nitro benzene ring substituents is 1. The number of thioether (sulfide) groups is 1. The van der Waals surface area contributed by atoms with E-state index in [-0.39, 0.29) is 11.6 Å². The molecule has 3 aromatic carbocycles. The van der Waals surface area contributed by atoms with E-state index in [2.05, 4.69) is 28.6 Å². The van der Waals surface area contributed by atoms with Crippen LogP contribution in [0.3, 0.4) is 0 Å². The summed E-state index contributed by atoms with van der Waals surface area (Å²) < 4.78 is 13.1. The van der Waals surface area contributed by atoms with E-state index in [1.54, 1.807) is 23.9 Å². The number of nitrogens with zero attached hydrogens (tertiary/aromatic N) is 4. The van der Waals surface area contributed by atoms with E-state index in [1.165, 1.54) is 19.2 Å². The Bertz CT molecular complexity index is 1390. The van der Waals surface area contributed by atoms with Crippen LogP contribution in [0.5, 0.6) is 5.75 Å². The molecule has 0 amide bonds. The molecule has 0 aliphatic carbocycles. The third-order valence-electron chi connectivity index (χ3n) is 6.35. The first-order valence-corrected chi connectivity index (χ1v) is 13.6. The Kier molecular flexibility index (Phi) is 9.32. The number of esters is 1. The number of benzene rings is 3. The number of rotatable bonds is 12. The molecular formula is C29H30N4O5S. The number of carbonyl (C=O) groups is 1. The maximum atomic E-state index is 12.4. The highest BCUT2D eigenvalue weighted by molar-refractivity contribution is 7.98. The second-order valence-corrected chi connectivity index (χ2v) is 9.97. The van der Waals surface area contributed by atoms with Crippen LogP contribution >= 0.6 is 11.8 Å². The Morgan fingerprint density at radius 1 is 1.00 bits per heavy atom. The van der Waals surface area contributed by atoms with E-state index in [0.717, 1.165) is 28.5 Å². The number of hydrogen-bond acceptors (Lipinski definition) is 8. The maximum Gasteiger partial charge on any atom is 0.351 e. The van der Waals surface area contributed by atoms with Crippen LogP contribution in [-0.4, -0.2) is 32.8 Å². The molecule has 202 valence electrons. The molecule has 1 aromatic heterocycles. The Balaban J connectivity index is 1.50. The predicted octanol–water partition coefficient (Wildman–Crippen LogP) is 6.33. The van der Waals surface area contributed by atoms with Gasteiger partial charge in [-0.25, -0.2) is 4.79 Å². The predicted molar refractivity (Wildman–Crippen MR) is 149 cm³/mol. The number of methoxy groups -OCH3 is 1. The highest BCUT2D eigenvalue weighted by Crippen LogP contribution is 2.29. The Morgan fingerprint density at radius 3 is 2.28 bits per heavy atom. The van der Waals surface area contributed by atoms with E-state index in [9.17, 15) is 14.9 Å². The summed E-state index contributed by atoms with van der Waals surface area (Å²) in [5.74, 6) is 1.82. The van der Waals surface area contributed by atoms with Crippen molar-refractivity contribution < 1.29 is 19.2 Å². The smallest absolute Gasteiger partial charge is 0.351 e. The Labute approximate surface area is 231 Å². The van der Waals surface area contributed by atoms with Crippen molar-refractivity contribution in [2.75, 3.05) is 7.11 Å². The number of hydrogen-bond donors (Lipinski definition) is 0. The molecule has 0 saturated heterocycles. The number of carbonyl (C=O) groups excluding carboxylic acids is 1. The first-order valence-electron chi connectivity index (χ1n) is 12.6. The quantitative estimate of drug-likeness (QED) is 0.0877. The molecule has 0 radical (unpaired) electrons. The van der Waals surface area contributed by atoms with Gasteiger partial charge in [0.25, 0.3) is 5.69 Å². The van der Waals surface area contributed by atoms with Crippen molar-refractivity contribution >= 4 is 23.4 Å². The molecule has 4 aromatic rings. The second-order valence-electron chi connectivity index (χ2n) is 9.02. The highest BCUT2D eigenvalue weighted by atomic mass is 32.2. The molecule has 10 heteroatoms. The van der Waals surface area contributed by atoms with Gasteiger partial charge >= 0.3 is 5.97 Å². The summed E-state index contributed by atoms with van der Waals surface area (Å²) in [6.45, 7) is 4.80. The first-order chi connectivity index (χ1) is 18.9. The topological polar surface area (TPSA) is 109 Å². The SMILES string of the molecule is CCC(C)c1nnc(SCc2ccc([N+](=O)[O-])cc2)n1Cc1ccc(OC(C(=O)OC)c2ccccc2)cc1. The van der Waals surface area contributed by atoms with Gasteiger partial charge in [-0.2, -0.15) is 0 Å². The van der Waals surface area contributed by atoms with Gasteiger partial charge in [0.15, 0.2) is 5.16 Å². The molecule has 4 rings (SSSR count). The molecule has 1 heterocycles. The molecule has 0 fully saturated rings. The Hall–Kier alpha value is -4.18. The third-order valence-corrected chi connectivity index (χ3v) is 7.39. The van der Waals surface area contributed by atoms with Gasteiger partial charge in [0, 0.05) is 29.4 Å². The van der Waals surface area contributed by atoms with E-state index < -0.39 is 17.0 Å². The lowest BCUT2D eigenvalue weighted by atomic mass is 10.1. The fraction of sp³-hybridized carbons (Fsp3) is 0.276. The van der Waals surface area contributed by atoms with Crippen molar-refractivity contribution in [2.45, 2.75) is 49.7 Å². The van der Waals surface area contributed by atoms with Crippen molar-refractivity contribution in [3.05, 3.63) is 111 Å². The average molecular weight is 547 g/mol. The van der Waals surface area contributed by atoms with Crippen LogP contribution in [-0.2, 0) is 21.8 Å². The van der Waals surface area contributed by atoms with Gasteiger partial charge in [-0.3, -0.25) is 10.1 Å². The van der Waals surface area contributed by atoms with Crippen LogP contribution in [0.4, 0.5) is 5.69 Å². The lowest BCUT2D eigenvalue weighted by Gasteiger charge is -2.18. The summed E-state index contributed by atoms with van der Waals surface area (Å²) in [4.78, 5) is 22.9. The molecule has 39 heavy (non-hydrogen) atoms. The molecule has 2 unspecified atom stereocenters. The standard InChI is InChI=1S/C29H30N4O5S/c1-4-20(2)27-30-31-29(39-19-22-10-14-24(15-11-22)33(35)36)32(27)18-21-12-16-25(17-13-21)38-26(28(34)37-3)23-8-6-5-7-9-23/h5-17,20,26H,4,18-19H2,1-3H3. The molecule has 9 nitrogen and oxygen atoms in total. The van der Waals surface area contributed by atoms with Crippen LogP contribution in [0.15, 0.2) is 84.0 Å². The lowest BCUT2D eigenvalue weighted by Crippen LogP contribution is -2.20. The van der Waals surface area contributed by atoms with Crippen LogP contribution in [0.1, 0.15) is 54.8 Å². The number of non-ortho nitro benzene ring substituents is 1. The second kappa shape index (κ2) is 13.1. The normalized spacial score (nSPS) is 12.5. The monoisotopic (exact) mass is 546 g/mol. The van der Waals surface area contributed by atoms with Gasteiger partial charge in [0.05, 0.1) is 18.6 Å². The Morgan fingerprint density at radius 2 is 1.67 bits per heavy atom. The molecular weight excluding hydrogens is 516 g/mol. The fourth-order valence-corrected chi connectivity index (χ4v) is 4.84. The number of aromatic nitrogens is 3. The first kappa shape index (κ1) is 27.8. The van der Waals surface area contributed by atoms with Gasteiger partial charge in [0.1, 0.15) is 11.6 Å². The van der Waals surface area contributed by atoms with E-state index >= 15 is 0 Å². The van der Waals surface area contributed by atoms with Crippen LogP contribution in [0.25, 0.3) is 0 Å². The lowest BCUT2D eigenvalue weighted by molar-refractivity contribution is -0.384. The van der Waals surface area contributed by atoms with Gasteiger partial charge in [-0.15, -0.1) is 10.2 Å². The largest absolute Gasteiger partial charge is 0.474 e. The zero-order chi connectivity index (χ0) is 27.8. The van der Waals surface area contributed by atoms with E-state index in [1.807, 2.05) is 54.6 Å². The molecule has 2 atom stereocenters. The fourth-order valence-electron chi connectivity index (χ4n) is 3.94. The summed E-state index contributed by atoms with van der Waals surface area (Å²) in [5, 5.41) is 20.6. The van der Waals surface area contributed by atoms with Crippen LogP contribution < -0.4 is 4.74 Å². The summed E-state index contributed by atoms with van der Waals surface area (Å²) in [6, 6.07) is 23.4. The van der Waals surface area contributed by atoms with Gasteiger partial charge in [-0.05, 0) is 29.7 Å². The van der Waals surface area contributed by atoms with Crippen molar-refractivity contribution in [1.82, 2.24) is 14.8 Å². The molecule has 0 spiro atoms. The summed E-state index contributed by atoms with van der Waals surface area (Å²) in [7, 11) is 1.34. The van der Waals surface area contributed by atoms with Gasteiger partial charge < -0.3 is 14.0 Å². The van der Waals surface area contributed by atoms with Crippen molar-refractivity contribution in [3.63, 3.8) is 0 Å². The molecule has 0 N–H and O–H groups in total. The van der Waals surface area contributed by atoms with Gasteiger partial charge in [-0.1, -0.05) is 80.2 Å². The average Bonchev–Trinajstić information content (AvgIpc) is 3.37. The molecule has 0 bridgehead atoms. The van der Waals surface area contributed by atoms with E-state index in [0.29, 0.717) is 23.6 Å². The number of ether oxygens (including phenoxy) is 2. The van der Waals surface area contributed by atoms with Crippen molar-refractivity contribution in [1.29, 1.82) is 0 Å². The highest BCUT2D eigenvalue weighted by Gasteiger charge is 2.23. The minimum absolute atomic E-state index is 0.0695. The zero-order valence-corrected chi connectivity index (χ0v) is 22.8. The van der Waals surface area contributed by atoms with Crippen molar-refractivity contribution in [2.24, 2.45) is 0 Å². The minimum atomic E-state index is -0.862. The van der Waals surface area contributed by atoms with Crippen LogP contribution in [0.2, 0.25) is 0 Å². The number of nitro groups is 1. The van der Waals surface area contributed by atoms with Crippen molar-refractivity contribution in [3.8, 4) is 5.75 Å². The van der Waals surface area contributed by atoms with Crippen LogP contribution in [0, 0.1) is 10.1 Å². The zero-order valence-electron chi connectivity index (χ0n) is 22.0. The molecule has 0 aliphatic rings. The third kappa shape index (κ3) is 7.02.